The van der Waals surface area contributed by atoms with Crippen LogP contribution in [0.15, 0.2) is 42.5 Å². The van der Waals surface area contributed by atoms with Gasteiger partial charge in [0, 0.05) is 22.2 Å². The second-order valence-electron chi connectivity index (χ2n) is 5.71. The molecule has 0 aromatic heterocycles. The second-order valence-corrected chi connectivity index (χ2v) is 8.49. The van der Waals surface area contributed by atoms with Crippen LogP contribution in [-0.4, -0.2) is 33.7 Å². The van der Waals surface area contributed by atoms with Crippen LogP contribution in [0, 0.1) is 0 Å². The van der Waals surface area contributed by atoms with E-state index in [-0.39, 0.29) is 22.3 Å². The quantitative estimate of drug-likeness (QED) is 0.695. The molecule has 0 heterocycles. The third-order valence-electron chi connectivity index (χ3n) is 3.57. The molecular formula is C18H20Cl2N2O4S. The van der Waals surface area contributed by atoms with Crippen LogP contribution in [0.2, 0.25) is 10.0 Å². The number of nitrogens with one attached hydrogen (secondary N) is 1. The number of carbonyl (C=O) groups excluding carboxylic acids is 1. The summed E-state index contributed by atoms with van der Waals surface area (Å²) in [5.41, 5.74) is 1.02. The number of hydrogen-bond donors (Lipinski definition) is 1. The van der Waals surface area contributed by atoms with Crippen molar-refractivity contribution in [3.63, 3.8) is 0 Å². The smallest absolute Gasteiger partial charge is 0.241 e. The number of halogens is 2. The van der Waals surface area contributed by atoms with Crippen LogP contribution >= 0.6 is 23.2 Å². The molecule has 0 saturated carbocycles. The highest BCUT2D eigenvalue weighted by molar-refractivity contribution is 7.92. The Morgan fingerprint density at radius 3 is 2.37 bits per heavy atom. The van der Waals surface area contributed by atoms with Crippen LogP contribution in [0.1, 0.15) is 12.5 Å². The van der Waals surface area contributed by atoms with Crippen molar-refractivity contribution in [1.29, 1.82) is 0 Å². The zero-order chi connectivity index (χ0) is 20.0. The second kappa shape index (κ2) is 9.30. The van der Waals surface area contributed by atoms with Gasteiger partial charge in [0.2, 0.25) is 15.9 Å². The van der Waals surface area contributed by atoms with Crippen molar-refractivity contribution in [3.8, 4) is 5.75 Å². The third-order valence-corrected chi connectivity index (χ3v) is 5.15. The van der Waals surface area contributed by atoms with E-state index in [1.54, 1.807) is 0 Å². The number of nitrogens with zero attached hydrogens (tertiary/aromatic N) is 1. The average Bonchev–Trinajstić information content (AvgIpc) is 2.57. The van der Waals surface area contributed by atoms with Crippen molar-refractivity contribution in [2.24, 2.45) is 0 Å². The van der Waals surface area contributed by atoms with Crippen molar-refractivity contribution in [2.75, 3.05) is 23.7 Å². The Kier molecular flexibility index (Phi) is 7.35. The van der Waals surface area contributed by atoms with Gasteiger partial charge in [0.25, 0.3) is 0 Å². The molecule has 1 N–H and O–H groups in total. The molecule has 1 amide bonds. The van der Waals surface area contributed by atoms with Crippen LogP contribution in [0.3, 0.4) is 0 Å². The monoisotopic (exact) mass is 430 g/mol. The van der Waals surface area contributed by atoms with Gasteiger partial charge in [0.15, 0.2) is 0 Å². The van der Waals surface area contributed by atoms with Gasteiger partial charge in [-0.2, -0.15) is 0 Å². The van der Waals surface area contributed by atoms with Gasteiger partial charge < -0.3 is 10.1 Å². The molecule has 0 radical (unpaired) electrons. The number of para-hydroxylation sites is 1. The van der Waals surface area contributed by atoms with Gasteiger partial charge in [-0.05, 0) is 31.2 Å². The molecular weight excluding hydrogens is 411 g/mol. The molecule has 2 aromatic carbocycles. The maximum Gasteiger partial charge on any atom is 0.241 e. The van der Waals surface area contributed by atoms with Gasteiger partial charge in [0.1, 0.15) is 12.3 Å². The number of anilines is 1. The molecule has 0 aliphatic rings. The largest absolute Gasteiger partial charge is 0.494 e. The lowest BCUT2D eigenvalue weighted by Crippen LogP contribution is -2.40. The summed E-state index contributed by atoms with van der Waals surface area (Å²) in [7, 11) is -3.72. The highest BCUT2D eigenvalue weighted by Gasteiger charge is 2.21. The fraction of sp³-hybridized carbons (Fsp3) is 0.278. The number of sulfonamides is 1. The highest BCUT2D eigenvalue weighted by Crippen LogP contribution is 2.27. The Hall–Kier alpha value is -1.96. The Morgan fingerprint density at radius 2 is 1.78 bits per heavy atom. The minimum atomic E-state index is -3.72. The number of ether oxygens (including phenoxy) is 1. The average molecular weight is 431 g/mol. The summed E-state index contributed by atoms with van der Waals surface area (Å²) in [6, 6.07) is 11.7. The van der Waals surface area contributed by atoms with Crippen LogP contribution in [0.5, 0.6) is 5.75 Å². The number of rotatable bonds is 8. The molecule has 2 aromatic rings. The van der Waals surface area contributed by atoms with Crippen LogP contribution in [-0.2, 0) is 21.4 Å². The number of hydrogen-bond acceptors (Lipinski definition) is 4. The molecule has 0 aliphatic heterocycles. The molecule has 6 nitrogen and oxygen atoms in total. The van der Waals surface area contributed by atoms with E-state index in [1.165, 1.54) is 18.2 Å². The SMILES string of the molecule is CCOc1ccccc1CNC(=O)CN(c1cc(Cl)cc(Cl)c1)S(C)(=O)=O. The summed E-state index contributed by atoms with van der Waals surface area (Å²) in [5, 5.41) is 3.26. The minimum Gasteiger partial charge on any atom is -0.494 e. The predicted molar refractivity (Wildman–Crippen MR) is 108 cm³/mol. The Balaban J connectivity index is 2.13. The maximum atomic E-state index is 12.4. The molecule has 0 fully saturated rings. The minimum absolute atomic E-state index is 0.211. The first-order valence-corrected chi connectivity index (χ1v) is 10.7. The first kappa shape index (κ1) is 21.3. The van der Waals surface area contributed by atoms with Gasteiger partial charge in [-0.25, -0.2) is 8.42 Å². The van der Waals surface area contributed by atoms with E-state index >= 15 is 0 Å². The van der Waals surface area contributed by atoms with Crippen molar-refractivity contribution >= 4 is 44.8 Å². The van der Waals surface area contributed by atoms with Crippen molar-refractivity contribution in [2.45, 2.75) is 13.5 Å². The fourth-order valence-corrected chi connectivity index (χ4v) is 3.76. The van der Waals surface area contributed by atoms with Gasteiger partial charge in [-0.1, -0.05) is 41.4 Å². The van der Waals surface area contributed by atoms with E-state index < -0.39 is 22.5 Å². The predicted octanol–water partition coefficient (Wildman–Crippen LogP) is 3.47. The summed E-state index contributed by atoms with van der Waals surface area (Å²) in [6.45, 7) is 2.19. The van der Waals surface area contributed by atoms with E-state index in [1.807, 2.05) is 31.2 Å². The fourth-order valence-electron chi connectivity index (χ4n) is 2.41. The first-order valence-electron chi connectivity index (χ1n) is 8.12. The molecule has 0 saturated heterocycles. The summed E-state index contributed by atoms with van der Waals surface area (Å²) in [6.07, 6.45) is 1.01. The molecule has 0 unspecified atom stereocenters. The molecule has 0 bridgehead atoms. The van der Waals surface area contributed by atoms with Crippen LogP contribution < -0.4 is 14.4 Å². The molecule has 0 spiro atoms. The van der Waals surface area contributed by atoms with Gasteiger partial charge in [-0.15, -0.1) is 0 Å². The van der Waals surface area contributed by atoms with Crippen LogP contribution in [0.25, 0.3) is 0 Å². The molecule has 0 atom stereocenters. The summed E-state index contributed by atoms with van der Waals surface area (Å²) < 4.78 is 30.8. The van der Waals surface area contributed by atoms with E-state index in [4.69, 9.17) is 27.9 Å². The zero-order valence-electron chi connectivity index (χ0n) is 14.9. The van der Waals surface area contributed by atoms with E-state index in [0.717, 1.165) is 16.1 Å². The molecule has 0 aliphatic carbocycles. The Labute approximate surface area is 169 Å². The number of benzene rings is 2. The molecule has 2 rings (SSSR count). The lowest BCUT2D eigenvalue weighted by molar-refractivity contribution is -0.119. The number of carbonyl (C=O) groups is 1. The van der Waals surface area contributed by atoms with Crippen molar-refractivity contribution in [1.82, 2.24) is 5.32 Å². The van der Waals surface area contributed by atoms with E-state index in [2.05, 4.69) is 5.32 Å². The first-order chi connectivity index (χ1) is 12.7. The topological polar surface area (TPSA) is 75.7 Å². The summed E-state index contributed by atoms with van der Waals surface area (Å²) >= 11 is 11.9. The maximum absolute atomic E-state index is 12.4. The lowest BCUT2D eigenvalue weighted by Gasteiger charge is -2.22. The Bertz CT molecular complexity index is 899. The molecule has 146 valence electrons. The third kappa shape index (κ3) is 6.30. The van der Waals surface area contributed by atoms with Crippen molar-refractivity contribution < 1.29 is 17.9 Å². The van der Waals surface area contributed by atoms with E-state index in [9.17, 15) is 13.2 Å². The highest BCUT2D eigenvalue weighted by atomic mass is 35.5. The normalized spacial score (nSPS) is 11.1. The Morgan fingerprint density at radius 1 is 1.15 bits per heavy atom. The summed E-state index contributed by atoms with van der Waals surface area (Å²) in [5.74, 6) is 0.199. The van der Waals surface area contributed by atoms with Gasteiger partial charge in [0.05, 0.1) is 18.6 Å². The van der Waals surface area contributed by atoms with E-state index in [0.29, 0.717) is 12.4 Å². The van der Waals surface area contributed by atoms with Gasteiger partial charge in [-0.3, -0.25) is 9.10 Å². The molecule has 27 heavy (non-hydrogen) atoms. The van der Waals surface area contributed by atoms with Gasteiger partial charge >= 0.3 is 0 Å². The standard InChI is InChI=1S/C18H20Cl2N2O4S/c1-3-26-17-7-5-4-6-13(17)11-21-18(23)12-22(27(2,24)25)16-9-14(19)8-15(20)10-16/h4-10H,3,11-12H2,1-2H3,(H,21,23). The van der Waals surface area contributed by atoms with Crippen LogP contribution in [0.4, 0.5) is 5.69 Å². The zero-order valence-corrected chi connectivity index (χ0v) is 17.2. The lowest BCUT2D eigenvalue weighted by atomic mass is 10.2. The summed E-state index contributed by atoms with van der Waals surface area (Å²) in [4.78, 5) is 12.4. The van der Waals surface area contributed by atoms with Crippen molar-refractivity contribution in [3.05, 3.63) is 58.1 Å². The molecule has 9 heteroatoms. The number of amides is 1.